The highest BCUT2D eigenvalue weighted by Gasteiger charge is 2.12. The summed E-state index contributed by atoms with van der Waals surface area (Å²) in [6.07, 6.45) is 3.73. The molecule has 0 fully saturated rings. The van der Waals surface area contributed by atoms with Gasteiger partial charge in [-0.05, 0) is 13.5 Å². The fourth-order valence-electron chi connectivity index (χ4n) is 1.57. The Hall–Kier alpha value is -1.20. The van der Waals surface area contributed by atoms with Crippen LogP contribution in [-0.4, -0.2) is 21.1 Å². The smallest absolute Gasteiger partial charge is 0.168 e. The molecule has 0 amide bonds. The lowest BCUT2D eigenvalue weighted by Crippen LogP contribution is -2.17. The van der Waals surface area contributed by atoms with Gasteiger partial charge >= 0.3 is 0 Å². The Morgan fingerprint density at radius 3 is 3.00 bits per heavy atom. The summed E-state index contributed by atoms with van der Waals surface area (Å²) >= 11 is 1.64. The van der Waals surface area contributed by atoms with E-state index in [-0.39, 0.29) is 0 Å². The van der Waals surface area contributed by atoms with E-state index in [9.17, 15) is 0 Å². The number of imidazole rings is 1. The van der Waals surface area contributed by atoms with Crippen LogP contribution in [0.2, 0.25) is 0 Å². The van der Waals surface area contributed by atoms with Gasteiger partial charge in [-0.25, -0.2) is 9.97 Å². The second kappa shape index (κ2) is 4.76. The normalized spacial score (nSPS) is 12.9. The predicted molar refractivity (Wildman–Crippen MR) is 66.4 cm³/mol. The molecule has 4 nitrogen and oxygen atoms in total. The molecule has 0 aliphatic carbocycles. The lowest BCUT2D eigenvalue weighted by Gasteiger charge is -2.08. The third kappa shape index (κ3) is 2.15. The van der Waals surface area contributed by atoms with E-state index in [0.29, 0.717) is 6.04 Å². The van der Waals surface area contributed by atoms with Crippen LogP contribution in [0.3, 0.4) is 0 Å². The first-order valence-electron chi connectivity index (χ1n) is 5.39. The molecule has 2 heterocycles. The number of rotatable bonds is 4. The van der Waals surface area contributed by atoms with E-state index < -0.39 is 0 Å². The molecular formula is C11H16N4S. The minimum absolute atomic E-state index is 0.301. The predicted octanol–water partition coefficient (Wildman–Crippen LogP) is 2.21. The molecule has 2 rings (SSSR count). The van der Waals surface area contributed by atoms with E-state index in [0.717, 1.165) is 23.1 Å². The summed E-state index contributed by atoms with van der Waals surface area (Å²) < 4.78 is 1.99. The first-order valence-corrected chi connectivity index (χ1v) is 6.26. The van der Waals surface area contributed by atoms with Gasteiger partial charge in [-0.1, -0.05) is 6.92 Å². The van der Waals surface area contributed by atoms with Gasteiger partial charge in [0.2, 0.25) is 0 Å². The zero-order valence-electron chi connectivity index (χ0n) is 9.77. The van der Waals surface area contributed by atoms with Crippen molar-refractivity contribution in [2.24, 2.45) is 7.05 Å². The van der Waals surface area contributed by atoms with E-state index in [1.165, 1.54) is 0 Å². The maximum atomic E-state index is 4.60. The molecule has 2 aromatic heterocycles. The zero-order chi connectivity index (χ0) is 11.5. The number of hydrogen-bond acceptors (Lipinski definition) is 4. The van der Waals surface area contributed by atoms with Crippen molar-refractivity contribution in [3.8, 4) is 10.8 Å². The molecule has 0 aromatic carbocycles. The molecule has 0 saturated heterocycles. The van der Waals surface area contributed by atoms with Gasteiger partial charge in [0.25, 0.3) is 0 Å². The van der Waals surface area contributed by atoms with Gasteiger partial charge in [0, 0.05) is 30.9 Å². The summed E-state index contributed by atoms with van der Waals surface area (Å²) in [6.45, 7) is 5.18. The van der Waals surface area contributed by atoms with Crippen LogP contribution >= 0.6 is 11.3 Å². The number of aryl methyl sites for hydroxylation is 1. The molecule has 1 N–H and O–H groups in total. The van der Waals surface area contributed by atoms with Crippen molar-refractivity contribution in [2.45, 2.75) is 19.9 Å². The maximum absolute atomic E-state index is 4.60. The van der Waals surface area contributed by atoms with Gasteiger partial charge in [-0.15, -0.1) is 11.3 Å². The highest BCUT2D eigenvalue weighted by Crippen LogP contribution is 2.24. The Morgan fingerprint density at radius 2 is 2.38 bits per heavy atom. The van der Waals surface area contributed by atoms with Crippen molar-refractivity contribution in [3.05, 3.63) is 23.5 Å². The van der Waals surface area contributed by atoms with Crippen LogP contribution in [0.25, 0.3) is 10.8 Å². The summed E-state index contributed by atoms with van der Waals surface area (Å²) in [6, 6.07) is 0.301. The Kier molecular flexibility index (Phi) is 3.36. The van der Waals surface area contributed by atoms with Gasteiger partial charge in [-0.2, -0.15) is 0 Å². The Morgan fingerprint density at radius 1 is 1.56 bits per heavy atom. The molecule has 2 aromatic rings. The maximum Gasteiger partial charge on any atom is 0.168 e. The first kappa shape index (κ1) is 11.3. The molecule has 0 aliphatic rings. The Balaban J connectivity index is 2.23. The number of nitrogens with zero attached hydrogens (tertiary/aromatic N) is 3. The van der Waals surface area contributed by atoms with Crippen LogP contribution in [0.15, 0.2) is 17.8 Å². The number of nitrogens with one attached hydrogen (secondary N) is 1. The molecule has 86 valence electrons. The van der Waals surface area contributed by atoms with Gasteiger partial charge in [0.05, 0.1) is 5.69 Å². The lowest BCUT2D eigenvalue weighted by atomic mass is 10.2. The number of hydrogen-bond donors (Lipinski definition) is 1. The average Bonchev–Trinajstić information content (AvgIpc) is 2.86. The van der Waals surface area contributed by atoms with Crippen LogP contribution < -0.4 is 5.32 Å². The monoisotopic (exact) mass is 236 g/mol. The largest absolute Gasteiger partial charge is 0.332 e. The zero-order valence-corrected chi connectivity index (χ0v) is 10.6. The molecular weight excluding hydrogens is 220 g/mol. The summed E-state index contributed by atoms with van der Waals surface area (Å²) in [5.74, 6) is 0.931. The first-order chi connectivity index (χ1) is 7.72. The van der Waals surface area contributed by atoms with Gasteiger partial charge < -0.3 is 9.88 Å². The SMILES string of the molecule is CCNC(C)c1csc(-c2nccn2C)n1. The highest BCUT2D eigenvalue weighted by atomic mass is 32.1. The molecule has 1 atom stereocenters. The minimum atomic E-state index is 0.301. The second-order valence-electron chi connectivity index (χ2n) is 3.72. The van der Waals surface area contributed by atoms with Gasteiger partial charge in [-0.3, -0.25) is 0 Å². The molecule has 0 spiro atoms. The van der Waals surface area contributed by atoms with Crippen LogP contribution in [0.4, 0.5) is 0 Å². The van der Waals surface area contributed by atoms with Crippen molar-refractivity contribution in [3.63, 3.8) is 0 Å². The fraction of sp³-hybridized carbons (Fsp3) is 0.455. The van der Waals surface area contributed by atoms with E-state index in [1.807, 2.05) is 17.8 Å². The molecule has 1 unspecified atom stereocenters. The van der Waals surface area contributed by atoms with Crippen LogP contribution in [0.5, 0.6) is 0 Å². The van der Waals surface area contributed by atoms with Crippen molar-refractivity contribution < 1.29 is 0 Å². The van der Waals surface area contributed by atoms with Crippen LogP contribution in [-0.2, 0) is 7.05 Å². The standard InChI is InChI=1S/C11H16N4S/c1-4-12-8(2)9-7-16-11(14-9)10-13-5-6-15(10)3/h5-8,12H,4H2,1-3H3. The molecule has 5 heteroatoms. The summed E-state index contributed by atoms with van der Waals surface area (Å²) in [7, 11) is 1.98. The third-order valence-corrected chi connectivity index (χ3v) is 3.34. The van der Waals surface area contributed by atoms with Crippen molar-refractivity contribution >= 4 is 11.3 Å². The van der Waals surface area contributed by atoms with Gasteiger partial charge in [0.15, 0.2) is 10.8 Å². The second-order valence-corrected chi connectivity index (χ2v) is 4.58. The third-order valence-electron chi connectivity index (χ3n) is 2.49. The minimum Gasteiger partial charge on any atom is -0.332 e. The summed E-state index contributed by atoms with van der Waals surface area (Å²) in [5, 5.41) is 6.43. The lowest BCUT2D eigenvalue weighted by molar-refractivity contribution is 0.586. The van der Waals surface area contributed by atoms with Crippen LogP contribution in [0.1, 0.15) is 25.6 Å². The van der Waals surface area contributed by atoms with E-state index >= 15 is 0 Å². The molecule has 16 heavy (non-hydrogen) atoms. The number of thiazole rings is 1. The van der Waals surface area contributed by atoms with Gasteiger partial charge in [0.1, 0.15) is 0 Å². The van der Waals surface area contributed by atoms with Crippen molar-refractivity contribution in [2.75, 3.05) is 6.54 Å². The van der Waals surface area contributed by atoms with E-state index in [4.69, 9.17) is 0 Å². The Bertz CT molecular complexity index is 460. The fourth-order valence-corrected chi connectivity index (χ4v) is 2.52. The summed E-state index contributed by atoms with van der Waals surface area (Å²) in [4.78, 5) is 8.90. The average molecular weight is 236 g/mol. The molecule has 0 radical (unpaired) electrons. The summed E-state index contributed by atoms with van der Waals surface area (Å²) in [5.41, 5.74) is 1.09. The molecule has 0 aliphatic heterocycles. The van der Waals surface area contributed by atoms with E-state index in [2.05, 4.69) is 34.5 Å². The van der Waals surface area contributed by atoms with Crippen LogP contribution in [0, 0.1) is 0 Å². The van der Waals surface area contributed by atoms with Crippen molar-refractivity contribution in [1.29, 1.82) is 0 Å². The molecule has 0 saturated carbocycles. The van der Waals surface area contributed by atoms with Crippen molar-refractivity contribution in [1.82, 2.24) is 19.9 Å². The number of aromatic nitrogens is 3. The molecule has 0 bridgehead atoms. The topological polar surface area (TPSA) is 42.7 Å². The highest BCUT2D eigenvalue weighted by molar-refractivity contribution is 7.13. The van der Waals surface area contributed by atoms with E-state index in [1.54, 1.807) is 17.5 Å². The quantitative estimate of drug-likeness (QED) is 0.885. The Labute approximate surface area is 99.4 Å².